The van der Waals surface area contributed by atoms with E-state index >= 15 is 0 Å². The predicted molar refractivity (Wildman–Crippen MR) is 94.9 cm³/mol. The number of fused-ring (bicyclic) bond motifs is 1. The van der Waals surface area contributed by atoms with E-state index in [0.717, 1.165) is 37.4 Å². The Bertz CT molecular complexity index is 544. The van der Waals surface area contributed by atoms with E-state index in [-0.39, 0.29) is 5.60 Å². The van der Waals surface area contributed by atoms with Crippen LogP contribution in [0.4, 0.5) is 0 Å². The van der Waals surface area contributed by atoms with Gasteiger partial charge in [-0.25, -0.2) is 0 Å². The molecule has 0 aromatic heterocycles. The summed E-state index contributed by atoms with van der Waals surface area (Å²) < 4.78 is 16.6. The Morgan fingerprint density at radius 1 is 1.17 bits per heavy atom. The van der Waals surface area contributed by atoms with Crippen LogP contribution in [0.15, 0.2) is 12.1 Å². The summed E-state index contributed by atoms with van der Waals surface area (Å²) in [4.78, 5) is 2.27. The standard InChI is InChI=1S/C19H31NO4/c1-6-19(2,3)24-13-16(21)12-20-8-7-14-9-17(22-4)18(23-5)10-15(14)11-20/h9-10,16,21H,6-8,11-13H2,1-5H3. The van der Waals surface area contributed by atoms with Crippen molar-refractivity contribution in [2.75, 3.05) is 33.9 Å². The monoisotopic (exact) mass is 337 g/mol. The third-order valence-corrected chi connectivity index (χ3v) is 4.78. The number of rotatable bonds is 8. The van der Waals surface area contributed by atoms with E-state index in [1.54, 1.807) is 14.2 Å². The van der Waals surface area contributed by atoms with Gasteiger partial charge in [0.2, 0.25) is 0 Å². The normalized spacial score (nSPS) is 16.6. The Labute approximate surface area is 145 Å². The fourth-order valence-electron chi connectivity index (χ4n) is 2.87. The summed E-state index contributed by atoms with van der Waals surface area (Å²) in [5.41, 5.74) is 2.35. The molecule has 24 heavy (non-hydrogen) atoms. The van der Waals surface area contributed by atoms with E-state index < -0.39 is 6.10 Å². The number of β-amino-alcohol motifs (C(OH)–C–C–N with tert-alkyl or cyclic N) is 1. The van der Waals surface area contributed by atoms with E-state index in [2.05, 4.69) is 31.7 Å². The minimum atomic E-state index is -0.475. The molecule has 5 nitrogen and oxygen atoms in total. The summed E-state index contributed by atoms with van der Waals surface area (Å²) in [7, 11) is 3.31. The van der Waals surface area contributed by atoms with Gasteiger partial charge >= 0.3 is 0 Å². The first-order chi connectivity index (χ1) is 11.4. The third kappa shape index (κ3) is 4.85. The van der Waals surface area contributed by atoms with Gasteiger partial charge in [-0.05, 0) is 49.9 Å². The van der Waals surface area contributed by atoms with Gasteiger partial charge in [0.1, 0.15) is 0 Å². The highest BCUT2D eigenvalue weighted by molar-refractivity contribution is 5.48. The van der Waals surface area contributed by atoms with Gasteiger partial charge in [0, 0.05) is 19.6 Å². The second kappa shape index (κ2) is 8.19. The summed E-state index contributed by atoms with van der Waals surface area (Å²) >= 11 is 0. The molecule has 1 aliphatic rings. The van der Waals surface area contributed by atoms with E-state index in [1.807, 2.05) is 6.07 Å². The smallest absolute Gasteiger partial charge is 0.161 e. The first-order valence-corrected chi connectivity index (χ1v) is 8.66. The van der Waals surface area contributed by atoms with Gasteiger partial charge in [0.05, 0.1) is 32.5 Å². The maximum Gasteiger partial charge on any atom is 0.161 e. The van der Waals surface area contributed by atoms with Crippen molar-refractivity contribution in [2.45, 2.75) is 51.9 Å². The van der Waals surface area contributed by atoms with E-state index in [0.29, 0.717) is 13.2 Å². The highest BCUT2D eigenvalue weighted by Gasteiger charge is 2.23. The summed E-state index contributed by atoms with van der Waals surface area (Å²) in [6.45, 7) is 8.92. The van der Waals surface area contributed by atoms with Gasteiger partial charge in [-0.2, -0.15) is 0 Å². The van der Waals surface area contributed by atoms with Gasteiger partial charge in [-0.1, -0.05) is 6.92 Å². The number of aliphatic hydroxyl groups is 1. The zero-order valence-electron chi connectivity index (χ0n) is 15.6. The molecule has 0 saturated heterocycles. The van der Waals surface area contributed by atoms with Crippen molar-refractivity contribution < 1.29 is 19.3 Å². The molecule has 0 spiro atoms. The van der Waals surface area contributed by atoms with Crippen LogP contribution in [0, 0.1) is 0 Å². The van der Waals surface area contributed by atoms with E-state index in [9.17, 15) is 5.11 Å². The van der Waals surface area contributed by atoms with E-state index in [4.69, 9.17) is 14.2 Å². The molecule has 1 atom stereocenters. The molecule has 2 rings (SSSR count). The molecule has 1 aliphatic heterocycles. The Kier molecular flexibility index (Phi) is 6.49. The molecular formula is C19H31NO4. The first-order valence-electron chi connectivity index (χ1n) is 8.66. The van der Waals surface area contributed by atoms with E-state index in [1.165, 1.54) is 11.1 Å². The lowest BCUT2D eigenvalue weighted by Crippen LogP contribution is -2.39. The maximum absolute atomic E-state index is 10.3. The highest BCUT2D eigenvalue weighted by atomic mass is 16.5. The van der Waals surface area contributed by atoms with Crippen LogP contribution in [0.3, 0.4) is 0 Å². The van der Waals surface area contributed by atoms with Crippen LogP contribution in [0.25, 0.3) is 0 Å². The fourth-order valence-corrected chi connectivity index (χ4v) is 2.87. The van der Waals surface area contributed by atoms with Gasteiger partial charge in [0.25, 0.3) is 0 Å². The number of methoxy groups -OCH3 is 2. The molecule has 0 bridgehead atoms. The predicted octanol–water partition coefficient (Wildman–Crippen LogP) is 2.63. The largest absolute Gasteiger partial charge is 0.493 e. The molecule has 1 aromatic rings. The second-order valence-electron chi connectivity index (χ2n) is 7.04. The molecule has 0 radical (unpaired) electrons. The van der Waals surface area contributed by atoms with Crippen LogP contribution in [0.1, 0.15) is 38.3 Å². The Hall–Kier alpha value is -1.30. The molecule has 1 N–H and O–H groups in total. The summed E-state index contributed by atoms with van der Waals surface area (Å²) in [5, 5.41) is 10.3. The lowest BCUT2D eigenvalue weighted by molar-refractivity contribution is -0.0679. The minimum absolute atomic E-state index is 0.181. The van der Waals surface area contributed by atoms with Crippen LogP contribution in [-0.2, 0) is 17.7 Å². The van der Waals surface area contributed by atoms with Gasteiger partial charge in [-0.15, -0.1) is 0 Å². The molecule has 0 aliphatic carbocycles. The SMILES string of the molecule is CCC(C)(C)OCC(O)CN1CCc2cc(OC)c(OC)cc2C1. The molecule has 0 saturated carbocycles. The number of aliphatic hydroxyl groups excluding tert-OH is 1. The van der Waals surface area contributed by atoms with Crippen LogP contribution in [-0.4, -0.2) is 55.6 Å². The topological polar surface area (TPSA) is 51.2 Å². The Balaban J connectivity index is 1.95. The lowest BCUT2D eigenvalue weighted by atomic mass is 9.98. The van der Waals surface area contributed by atoms with Gasteiger partial charge in [0.15, 0.2) is 11.5 Å². The minimum Gasteiger partial charge on any atom is -0.493 e. The second-order valence-corrected chi connectivity index (χ2v) is 7.04. The number of benzene rings is 1. The van der Waals surface area contributed by atoms with Crippen molar-refractivity contribution in [3.63, 3.8) is 0 Å². The highest BCUT2D eigenvalue weighted by Crippen LogP contribution is 2.33. The van der Waals surface area contributed by atoms with Crippen molar-refractivity contribution in [1.29, 1.82) is 0 Å². The Morgan fingerprint density at radius 2 is 1.79 bits per heavy atom. The van der Waals surface area contributed by atoms with Crippen LogP contribution in [0.2, 0.25) is 0 Å². The molecule has 1 aromatic carbocycles. The molecule has 5 heteroatoms. The average Bonchev–Trinajstić information content (AvgIpc) is 2.58. The molecule has 1 heterocycles. The molecule has 0 amide bonds. The summed E-state index contributed by atoms with van der Waals surface area (Å²) in [6, 6.07) is 4.11. The Morgan fingerprint density at radius 3 is 2.38 bits per heavy atom. The van der Waals surface area contributed by atoms with Crippen molar-refractivity contribution >= 4 is 0 Å². The summed E-state index contributed by atoms with van der Waals surface area (Å²) in [5.74, 6) is 1.53. The average molecular weight is 337 g/mol. The zero-order valence-corrected chi connectivity index (χ0v) is 15.6. The molecule has 0 fully saturated rings. The van der Waals surface area contributed by atoms with Crippen molar-refractivity contribution in [3.05, 3.63) is 23.3 Å². The van der Waals surface area contributed by atoms with Crippen molar-refractivity contribution in [3.8, 4) is 11.5 Å². The molecular weight excluding hydrogens is 306 g/mol. The van der Waals surface area contributed by atoms with Gasteiger partial charge < -0.3 is 19.3 Å². The molecule has 136 valence electrons. The quantitative estimate of drug-likeness (QED) is 0.790. The van der Waals surface area contributed by atoms with Crippen molar-refractivity contribution in [1.82, 2.24) is 4.90 Å². The lowest BCUT2D eigenvalue weighted by Gasteiger charge is -2.32. The number of hydrogen-bond acceptors (Lipinski definition) is 5. The fraction of sp³-hybridized carbons (Fsp3) is 0.684. The van der Waals surface area contributed by atoms with Crippen molar-refractivity contribution in [2.24, 2.45) is 0 Å². The van der Waals surface area contributed by atoms with Crippen LogP contribution < -0.4 is 9.47 Å². The maximum atomic E-state index is 10.3. The number of nitrogens with zero attached hydrogens (tertiary/aromatic N) is 1. The first kappa shape index (κ1) is 19.0. The third-order valence-electron chi connectivity index (χ3n) is 4.78. The number of hydrogen-bond donors (Lipinski definition) is 1. The van der Waals surface area contributed by atoms with Crippen LogP contribution >= 0.6 is 0 Å². The zero-order chi connectivity index (χ0) is 17.7. The number of ether oxygens (including phenoxy) is 3. The molecule has 1 unspecified atom stereocenters. The van der Waals surface area contributed by atoms with Gasteiger partial charge in [-0.3, -0.25) is 4.90 Å². The van der Waals surface area contributed by atoms with Crippen LogP contribution in [0.5, 0.6) is 11.5 Å². The summed E-state index contributed by atoms with van der Waals surface area (Å²) in [6.07, 6.45) is 1.40.